The molecule has 162 valence electrons. The summed E-state index contributed by atoms with van der Waals surface area (Å²) >= 11 is 7.30. The van der Waals surface area contributed by atoms with Crippen LogP contribution in [-0.2, 0) is 4.79 Å². The number of pyridine rings is 1. The summed E-state index contributed by atoms with van der Waals surface area (Å²) in [6.45, 7) is 3.77. The van der Waals surface area contributed by atoms with E-state index < -0.39 is 11.1 Å². The Morgan fingerprint density at radius 3 is 2.69 bits per heavy atom. The van der Waals surface area contributed by atoms with Crippen molar-refractivity contribution < 1.29 is 9.18 Å². The maximum atomic E-state index is 13.3. The zero-order valence-corrected chi connectivity index (χ0v) is 18.9. The molecule has 1 N–H and O–H groups in total. The molecule has 0 spiro atoms. The summed E-state index contributed by atoms with van der Waals surface area (Å²) in [6, 6.07) is 15.5. The van der Waals surface area contributed by atoms with Gasteiger partial charge in [-0.1, -0.05) is 41.6 Å². The highest BCUT2D eigenvalue weighted by atomic mass is 35.5. The van der Waals surface area contributed by atoms with Crippen LogP contribution in [0.3, 0.4) is 0 Å². The Labute approximate surface area is 193 Å². The first-order valence-corrected chi connectivity index (χ1v) is 11.0. The number of carbonyl (C=O) groups excluding carboxylic acids is 1. The van der Waals surface area contributed by atoms with Gasteiger partial charge in [0.25, 0.3) is 0 Å². The van der Waals surface area contributed by atoms with Gasteiger partial charge in [-0.25, -0.2) is 4.39 Å². The second-order valence-electron chi connectivity index (χ2n) is 7.04. The number of nitrogens with zero attached hydrogens (tertiary/aromatic N) is 4. The third-order valence-corrected chi connectivity index (χ3v) is 6.11. The van der Waals surface area contributed by atoms with Crippen LogP contribution < -0.4 is 5.32 Å². The van der Waals surface area contributed by atoms with Crippen LogP contribution in [0.1, 0.15) is 12.5 Å². The number of aryl methyl sites for hydroxylation is 1. The van der Waals surface area contributed by atoms with Gasteiger partial charge < -0.3 is 5.32 Å². The SMILES string of the molecule is Cc1ccccc1-n1c(SC(C)C(=O)Nc2ccc(F)cc2Cl)nnc1-c1cccnc1. The fourth-order valence-electron chi connectivity index (χ4n) is 3.10. The highest BCUT2D eigenvalue weighted by Crippen LogP contribution is 2.32. The number of thioether (sulfide) groups is 1. The van der Waals surface area contributed by atoms with Crippen LogP contribution in [0.25, 0.3) is 17.1 Å². The summed E-state index contributed by atoms with van der Waals surface area (Å²) < 4.78 is 15.2. The quantitative estimate of drug-likeness (QED) is 0.376. The van der Waals surface area contributed by atoms with Gasteiger partial charge >= 0.3 is 0 Å². The fourth-order valence-corrected chi connectivity index (χ4v) is 4.17. The van der Waals surface area contributed by atoms with Gasteiger partial charge in [0.15, 0.2) is 11.0 Å². The summed E-state index contributed by atoms with van der Waals surface area (Å²) in [5.74, 6) is -0.125. The molecular weight excluding hydrogens is 449 g/mol. The summed E-state index contributed by atoms with van der Waals surface area (Å²) in [5, 5.41) is 11.7. The van der Waals surface area contributed by atoms with Crippen molar-refractivity contribution in [1.82, 2.24) is 19.7 Å². The molecule has 0 saturated carbocycles. The number of nitrogens with one attached hydrogen (secondary N) is 1. The predicted molar refractivity (Wildman–Crippen MR) is 125 cm³/mol. The number of halogens is 2. The molecule has 1 unspecified atom stereocenters. The smallest absolute Gasteiger partial charge is 0.237 e. The standard InChI is InChI=1S/C23H19ClFN5OS/c1-14-6-3-4-8-20(14)30-21(16-7-5-11-26-13-16)28-29-23(30)32-15(2)22(31)27-19-10-9-17(25)12-18(19)24/h3-13,15H,1-2H3,(H,27,31). The second-order valence-corrected chi connectivity index (χ2v) is 8.76. The number of carbonyl (C=O) groups is 1. The number of benzene rings is 2. The van der Waals surface area contributed by atoms with Gasteiger partial charge in [0.1, 0.15) is 5.82 Å². The van der Waals surface area contributed by atoms with E-state index in [0.29, 0.717) is 16.7 Å². The van der Waals surface area contributed by atoms with Crippen LogP contribution in [-0.4, -0.2) is 30.9 Å². The van der Waals surface area contributed by atoms with E-state index in [4.69, 9.17) is 11.6 Å². The largest absolute Gasteiger partial charge is 0.324 e. The Balaban J connectivity index is 1.65. The van der Waals surface area contributed by atoms with E-state index in [1.807, 2.05) is 47.9 Å². The lowest BCUT2D eigenvalue weighted by Gasteiger charge is -2.15. The number of amides is 1. The average Bonchev–Trinajstić information content (AvgIpc) is 3.19. The van der Waals surface area contributed by atoms with Gasteiger partial charge in [-0.05, 0) is 55.8 Å². The van der Waals surface area contributed by atoms with Gasteiger partial charge in [0.05, 0.1) is 21.6 Å². The molecule has 2 aromatic carbocycles. The van der Waals surface area contributed by atoms with E-state index >= 15 is 0 Å². The lowest BCUT2D eigenvalue weighted by molar-refractivity contribution is -0.115. The molecule has 0 radical (unpaired) electrons. The van der Waals surface area contributed by atoms with E-state index in [9.17, 15) is 9.18 Å². The summed E-state index contributed by atoms with van der Waals surface area (Å²) in [6.07, 6.45) is 3.42. The molecule has 32 heavy (non-hydrogen) atoms. The summed E-state index contributed by atoms with van der Waals surface area (Å²) in [5.41, 5.74) is 3.11. The minimum atomic E-state index is -0.523. The second kappa shape index (κ2) is 9.50. The normalized spacial score (nSPS) is 11.9. The van der Waals surface area contributed by atoms with E-state index in [-0.39, 0.29) is 10.9 Å². The van der Waals surface area contributed by atoms with Crippen molar-refractivity contribution in [2.24, 2.45) is 0 Å². The van der Waals surface area contributed by atoms with E-state index in [1.54, 1.807) is 19.3 Å². The van der Waals surface area contributed by atoms with E-state index in [0.717, 1.165) is 22.9 Å². The monoisotopic (exact) mass is 467 g/mol. The molecule has 0 aliphatic heterocycles. The zero-order chi connectivity index (χ0) is 22.7. The van der Waals surface area contributed by atoms with Crippen molar-refractivity contribution in [2.75, 3.05) is 5.32 Å². The molecule has 2 aromatic heterocycles. The third kappa shape index (κ3) is 4.66. The van der Waals surface area contributed by atoms with Crippen LogP contribution in [0, 0.1) is 12.7 Å². The van der Waals surface area contributed by atoms with Crippen molar-refractivity contribution >= 4 is 35.0 Å². The average molecular weight is 468 g/mol. The van der Waals surface area contributed by atoms with Crippen LogP contribution in [0.4, 0.5) is 10.1 Å². The lowest BCUT2D eigenvalue weighted by Crippen LogP contribution is -2.23. The Bertz CT molecular complexity index is 1260. The molecule has 2 heterocycles. The molecule has 0 fully saturated rings. The highest BCUT2D eigenvalue weighted by molar-refractivity contribution is 8.00. The molecule has 0 aliphatic rings. The Kier molecular flexibility index (Phi) is 6.53. The topological polar surface area (TPSA) is 72.7 Å². The molecule has 4 rings (SSSR count). The number of para-hydroxylation sites is 1. The number of hydrogen-bond acceptors (Lipinski definition) is 5. The Hall–Kier alpha value is -3.23. The molecule has 9 heteroatoms. The van der Waals surface area contributed by atoms with Gasteiger partial charge in [-0.15, -0.1) is 10.2 Å². The van der Waals surface area contributed by atoms with Crippen molar-refractivity contribution in [3.63, 3.8) is 0 Å². The van der Waals surface area contributed by atoms with Crippen LogP contribution in [0.15, 0.2) is 72.1 Å². The third-order valence-electron chi connectivity index (χ3n) is 4.75. The Morgan fingerprint density at radius 1 is 1.16 bits per heavy atom. The molecule has 0 aliphatic carbocycles. The van der Waals surface area contributed by atoms with Gasteiger partial charge in [0.2, 0.25) is 5.91 Å². The molecule has 6 nitrogen and oxygen atoms in total. The van der Waals surface area contributed by atoms with Crippen LogP contribution in [0.2, 0.25) is 5.02 Å². The van der Waals surface area contributed by atoms with Crippen molar-refractivity contribution in [3.05, 3.63) is 83.4 Å². The highest BCUT2D eigenvalue weighted by Gasteiger charge is 2.23. The minimum Gasteiger partial charge on any atom is -0.324 e. The van der Waals surface area contributed by atoms with Crippen molar-refractivity contribution in [1.29, 1.82) is 0 Å². The first kappa shape index (κ1) is 22.0. The van der Waals surface area contributed by atoms with Gasteiger partial charge in [-0.3, -0.25) is 14.3 Å². The molecule has 1 atom stereocenters. The number of anilines is 1. The fraction of sp³-hybridized carbons (Fsp3) is 0.130. The van der Waals surface area contributed by atoms with Crippen LogP contribution >= 0.6 is 23.4 Å². The first-order valence-electron chi connectivity index (χ1n) is 9.78. The van der Waals surface area contributed by atoms with Crippen molar-refractivity contribution in [2.45, 2.75) is 24.3 Å². The van der Waals surface area contributed by atoms with Crippen molar-refractivity contribution in [3.8, 4) is 17.1 Å². The Morgan fingerprint density at radius 2 is 1.97 bits per heavy atom. The molecule has 4 aromatic rings. The zero-order valence-electron chi connectivity index (χ0n) is 17.3. The van der Waals surface area contributed by atoms with E-state index in [2.05, 4.69) is 20.5 Å². The van der Waals surface area contributed by atoms with Gasteiger partial charge in [-0.2, -0.15) is 0 Å². The molecular formula is C23H19ClFN5OS. The number of aromatic nitrogens is 4. The maximum absolute atomic E-state index is 13.3. The van der Waals surface area contributed by atoms with Gasteiger partial charge in [0, 0.05) is 18.0 Å². The number of rotatable bonds is 6. The summed E-state index contributed by atoms with van der Waals surface area (Å²) in [4.78, 5) is 17.0. The predicted octanol–water partition coefficient (Wildman–Crippen LogP) is 5.55. The molecule has 1 amide bonds. The van der Waals surface area contributed by atoms with E-state index in [1.165, 1.54) is 23.9 Å². The summed E-state index contributed by atoms with van der Waals surface area (Å²) in [7, 11) is 0. The molecule has 0 bridgehead atoms. The number of hydrogen-bond donors (Lipinski definition) is 1. The lowest BCUT2D eigenvalue weighted by atomic mass is 10.2. The van der Waals surface area contributed by atoms with Crippen LogP contribution in [0.5, 0.6) is 0 Å². The minimum absolute atomic E-state index is 0.137. The first-order chi connectivity index (χ1) is 15.4. The maximum Gasteiger partial charge on any atom is 0.237 e. The molecule has 0 saturated heterocycles.